The summed E-state index contributed by atoms with van der Waals surface area (Å²) in [7, 11) is -3.77. The molecule has 2 fully saturated rings. The maximum Gasteiger partial charge on any atom is 0.265 e. The van der Waals surface area contributed by atoms with Crippen LogP contribution in [-0.2, 0) is 19.6 Å². The minimum atomic E-state index is -3.77. The van der Waals surface area contributed by atoms with Crippen molar-refractivity contribution < 1.29 is 22.7 Å². The Morgan fingerprint density at radius 3 is 2.72 bits per heavy atom. The largest absolute Gasteiger partial charge is 0.479 e. The van der Waals surface area contributed by atoms with Crippen LogP contribution in [0.1, 0.15) is 45.4 Å². The minimum absolute atomic E-state index is 0.0445. The number of nitrogens with zero attached hydrogens (tertiary/aromatic N) is 1. The molecule has 1 aromatic rings. The maximum absolute atomic E-state index is 13.2. The predicted octanol–water partition coefficient (Wildman–Crippen LogP) is 1.87. The first-order valence-electron chi connectivity index (χ1n) is 10.3. The Balaban J connectivity index is 1.49. The molecule has 0 radical (unpaired) electrons. The van der Waals surface area contributed by atoms with Crippen molar-refractivity contribution in [1.82, 2.24) is 9.62 Å². The monoisotopic (exact) mass is 421 g/mol. The third kappa shape index (κ3) is 4.11. The number of carbonyl (C=O) groups is 2. The number of benzene rings is 1. The molecule has 2 unspecified atom stereocenters. The number of ether oxygens (including phenoxy) is 1. The molecule has 2 N–H and O–H groups in total. The first-order chi connectivity index (χ1) is 13.8. The molecule has 8 nitrogen and oxygen atoms in total. The molecule has 4 rings (SSSR count). The number of piperidine rings is 1. The van der Waals surface area contributed by atoms with Crippen LogP contribution < -0.4 is 15.4 Å². The van der Waals surface area contributed by atoms with Crippen molar-refractivity contribution in [1.29, 1.82) is 0 Å². The SMILES string of the molecule is CC1Oc2ccc(S(=O)(=O)N3CCCC(C(=O)NC4CCCC4)C3)cc2NC1=O. The molecule has 1 aromatic carbocycles. The van der Waals surface area contributed by atoms with Gasteiger partial charge in [0.15, 0.2) is 6.10 Å². The smallest absolute Gasteiger partial charge is 0.265 e. The average Bonchev–Trinajstić information content (AvgIpc) is 3.21. The average molecular weight is 422 g/mol. The quantitative estimate of drug-likeness (QED) is 0.772. The van der Waals surface area contributed by atoms with Crippen molar-refractivity contribution in [2.24, 2.45) is 5.92 Å². The molecule has 2 amide bonds. The van der Waals surface area contributed by atoms with Gasteiger partial charge in [-0.2, -0.15) is 4.31 Å². The van der Waals surface area contributed by atoms with Gasteiger partial charge in [0.05, 0.1) is 16.5 Å². The van der Waals surface area contributed by atoms with Crippen LogP contribution in [0.2, 0.25) is 0 Å². The van der Waals surface area contributed by atoms with E-state index in [9.17, 15) is 18.0 Å². The summed E-state index contributed by atoms with van der Waals surface area (Å²) in [5.41, 5.74) is 0.349. The van der Waals surface area contributed by atoms with Gasteiger partial charge >= 0.3 is 0 Å². The summed E-state index contributed by atoms with van der Waals surface area (Å²) in [4.78, 5) is 24.6. The number of sulfonamides is 1. The Morgan fingerprint density at radius 2 is 1.97 bits per heavy atom. The molecule has 29 heavy (non-hydrogen) atoms. The molecule has 1 saturated carbocycles. The first-order valence-corrected chi connectivity index (χ1v) is 11.7. The topological polar surface area (TPSA) is 105 Å². The number of amides is 2. The highest BCUT2D eigenvalue weighted by Crippen LogP contribution is 2.33. The third-order valence-electron chi connectivity index (χ3n) is 5.98. The van der Waals surface area contributed by atoms with Gasteiger partial charge < -0.3 is 15.4 Å². The fourth-order valence-electron chi connectivity index (χ4n) is 4.26. The van der Waals surface area contributed by atoms with Crippen molar-refractivity contribution in [3.8, 4) is 5.75 Å². The summed E-state index contributed by atoms with van der Waals surface area (Å²) in [5.74, 6) is -0.241. The normalized spacial score (nSPS) is 25.8. The van der Waals surface area contributed by atoms with Crippen LogP contribution in [0.15, 0.2) is 23.1 Å². The highest BCUT2D eigenvalue weighted by Gasteiger charge is 2.35. The van der Waals surface area contributed by atoms with Crippen LogP contribution in [0.25, 0.3) is 0 Å². The van der Waals surface area contributed by atoms with Crippen LogP contribution in [0.4, 0.5) is 5.69 Å². The van der Waals surface area contributed by atoms with Gasteiger partial charge in [-0.15, -0.1) is 0 Å². The second-order valence-corrected chi connectivity index (χ2v) is 10.0. The van der Waals surface area contributed by atoms with Crippen LogP contribution in [0.5, 0.6) is 5.75 Å². The van der Waals surface area contributed by atoms with E-state index in [-0.39, 0.29) is 35.2 Å². The fourth-order valence-corrected chi connectivity index (χ4v) is 5.81. The van der Waals surface area contributed by atoms with Gasteiger partial charge in [-0.05, 0) is 50.8 Å². The van der Waals surface area contributed by atoms with Gasteiger partial charge in [-0.1, -0.05) is 12.8 Å². The van der Waals surface area contributed by atoms with Crippen LogP contribution >= 0.6 is 0 Å². The molecule has 2 heterocycles. The minimum Gasteiger partial charge on any atom is -0.479 e. The lowest BCUT2D eigenvalue weighted by Crippen LogP contribution is -2.47. The van der Waals surface area contributed by atoms with Crippen LogP contribution in [0, 0.1) is 5.92 Å². The van der Waals surface area contributed by atoms with Crippen molar-refractivity contribution in [3.63, 3.8) is 0 Å². The highest BCUT2D eigenvalue weighted by atomic mass is 32.2. The van der Waals surface area contributed by atoms with Crippen molar-refractivity contribution >= 4 is 27.5 Å². The molecule has 1 aliphatic carbocycles. The summed E-state index contributed by atoms with van der Waals surface area (Å²) in [6.07, 6.45) is 4.98. The first kappa shape index (κ1) is 20.2. The maximum atomic E-state index is 13.2. The van der Waals surface area contributed by atoms with E-state index in [4.69, 9.17) is 4.74 Å². The third-order valence-corrected chi connectivity index (χ3v) is 7.84. The van der Waals surface area contributed by atoms with Gasteiger partial charge in [0, 0.05) is 19.1 Å². The Hall–Kier alpha value is -2.13. The zero-order valence-corrected chi connectivity index (χ0v) is 17.3. The highest BCUT2D eigenvalue weighted by molar-refractivity contribution is 7.89. The Morgan fingerprint density at radius 1 is 1.21 bits per heavy atom. The van der Waals surface area contributed by atoms with E-state index in [1.807, 2.05) is 0 Å². The van der Waals surface area contributed by atoms with E-state index in [2.05, 4.69) is 10.6 Å². The number of hydrogen-bond donors (Lipinski definition) is 2. The second kappa shape index (κ2) is 7.95. The predicted molar refractivity (Wildman–Crippen MR) is 107 cm³/mol. The Kier molecular flexibility index (Phi) is 5.52. The number of fused-ring (bicyclic) bond motifs is 1. The Bertz CT molecular complexity index is 911. The molecule has 2 aliphatic heterocycles. The van der Waals surface area contributed by atoms with Crippen molar-refractivity contribution in [2.75, 3.05) is 18.4 Å². The second-order valence-electron chi connectivity index (χ2n) is 8.10. The lowest BCUT2D eigenvalue weighted by atomic mass is 9.98. The molecular weight excluding hydrogens is 394 g/mol. The van der Waals surface area contributed by atoms with Gasteiger partial charge in [-0.25, -0.2) is 8.42 Å². The van der Waals surface area contributed by atoms with E-state index >= 15 is 0 Å². The molecular formula is C20H27N3O5S. The van der Waals surface area contributed by atoms with Gasteiger partial charge in [-0.3, -0.25) is 9.59 Å². The zero-order valence-electron chi connectivity index (χ0n) is 16.5. The molecule has 1 saturated heterocycles. The molecule has 0 bridgehead atoms. The van der Waals surface area contributed by atoms with E-state index in [0.717, 1.165) is 25.7 Å². The summed E-state index contributed by atoms with van der Waals surface area (Å²) >= 11 is 0. The lowest BCUT2D eigenvalue weighted by molar-refractivity contribution is -0.126. The van der Waals surface area contributed by atoms with Crippen molar-refractivity contribution in [3.05, 3.63) is 18.2 Å². The van der Waals surface area contributed by atoms with E-state index in [0.29, 0.717) is 30.8 Å². The summed E-state index contributed by atoms with van der Waals surface area (Å²) in [6, 6.07) is 4.70. The molecule has 3 aliphatic rings. The number of nitrogens with one attached hydrogen (secondary N) is 2. The summed E-state index contributed by atoms with van der Waals surface area (Å²) in [6.45, 7) is 2.19. The number of carbonyl (C=O) groups excluding carboxylic acids is 2. The molecule has 2 atom stereocenters. The summed E-state index contributed by atoms with van der Waals surface area (Å²) < 4.78 is 33.2. The number of anilines is 1. The van der Waals surface area contributed by atoms with Gasteiger partial charge in [0.2, 0.25) is 15.9 Å². The van der Waals surface area contributed by atoms with Gasteiger partial charge in [0.1, 0.15) is 5.75 Å². The molecule has 9 heteroatoms. The van der Waals surface area contributed by atoms with Crippen molar-refractivity contribution in [2.45, 2.75) is 62.5 Å². The molecule has 0 aromatic heterocycles. The fraction of sp³-hybridized carbons (Fsp3) is 0.600. The zero-order chi connectivity index (χ0) is 20.6. The molecule has 158 valence electrons. The standard InChI is InChI=1S/C20H27N3O5S/c1-13-19(24)22-17-11-16(8-9-18(17)28-13)29(26,27)23-10-4-5-14(12-23)20(25)21-15-6-2-3-7-15/h8-9,11,13-15H,2-7,10,12H2,1H3,(H,21,25)(H,22,24). The lowest BCUT2D eigenvalue weighted by Gasteiger charge is -2.32. The van der Waals surface area contributed by atoms with E-state index in [1.165, 1.54) is 16.4 Å². The Labute approximate surface area is 171 Å². The van der Waals surface area contributed by atoms with E-state index in [1.54, 1.807) is 13.0 Å². The molecule has 0 spiro atoms. The van der Waals surface area contributed by atoms with Crippen LogP contribution in [0.3, 0.4) is 0 Å². The van der Waals surface area contributed by atoms with Crippen LogP contribution in [-0.4, -0.2) is 49.8 Å². The number of rotatable bonds is 4. The van der Waals surface area contributed by atoms with Gasteiger partial charge in [0.25, 0.3) is 5.91 Å². The number of hydrogen-bond acceptors (Lipinski definition) is 5. The van der Waals surface area contributed by atoms with E-state index < -0.39 is 16.1 Å². The summed E-state index contributed by atoms with van der Waals surface area (Å²) in [5, 5.41) is 5.77.